The molecule has 0 radical (unpaired) electrons. The first-order chi connectivity index (χ1) is 8.69. The topological polar surface area (TPSA) is 62.0 Å². The Morgan fingerprint density at radius 1 is 1.22 bits per heavy atom. The number of alkyl halides is 1. The van der Waals surface area contributed by atoms with Gasteiger partial charge in [-0.1, -0.05) is 28.1 Å². The molecule has 18 heavy (non-hydrogen) atoms. The van der Waals surface area contributed by atoms with E-state index in [0.717, 1.165) is 10.9 Å². The van der Waals surface area contributed by atoms with E-state index in [1.807, 2.05) is 24.3 Å². The van der Waals surface area contributed by atoms with Crippen LogP contribution >= 0.6 is 15.9 Å². The molecule has 0 aliphatic carbocycles. The molecule has 0 aliphatic heterocycles. The maximum absolute atomic E-state index is 11.8. The number of hydrogen-bond acceptors (Lipinski definition) is 2. The Balaban J connectivity index is 2.13. The van der Waals surface area contributed by atoms with Crippen LogP contribution in [-0.2, 0) is 5.33 Å². The second-order valence-corrected chi connectivity index (χ2v) is 4.29. The van der Waals surface area contributed by atoms with Gasteiger partial charge >= 0.3 is 0 Å². The van der Waals surface area contributed by atoms with Gasteiger partial charge in [0, 0.05) is 28.8 Å². The SMILES string of the molecule is O=C(Nc1ccc(CBr)cc1)c1cc[nH]c(=O)c1. The lowest BCUT2D eigenvalue weighted by atomic mass is 10.2. The van der Waals surface area contributed by atoms with Crippen molar-refractivity contribution >= 4 is 27.5 Å². The Hall–Kier alpha value is -1.88. The van der Waals surface area contributed by atoms with Gasteiger partial charge in [-0.05, 0) is 23.8 Å². The number of pyridine rings is 1. The fourth-order valence-electron chi connectivity index (χ4n) is 1.47. The maximum Gasteiger partial charge on any atom is 0.255 e. The van der Waals surface area contributed by atoms with Gasteiger partial charge in [-0.25, -0.2) is 0 Å². The van der Waals surface area contributed by atoms with Gasteiger partial charge in [0.2, 0.25) is 5.56 Å². The molecule has 1 aromatic heterocycles. The number of aromatic amines is 1. The Morgan fingerprint density at radius 2 is 1.94 bits per heavy atom. The largest absolute Gasteiger partial charge is 0.329 e. The van der Waals surface area contributed by atoms with Crippen molar-refractivity contribution in [1.29, 1.82) is 0 Å². The second kappa shape index (κ2) is 5.64. The summed E-state index contributed by atoms with van der Waals surface area (Å²) in [7, 11) is 0. The van der Waals surface area contributed by atoms with Crippen molar-refractivity contribution < 1.29 is 4.79 Å². The molecule has 5 heteroatoms. The third kappa shape index (κ3) is 3.07. The predicted molar refractivity (Wildman–Crippen MR) is 74.1 cm³/mol. The van der Waals surface area contributed by atoms with Crippen molar-refractivity contribution in [2.45, 2.75) is 5.33 Å². The second-order valence-electron chi connectivity index (χ2n) is 3.73. The van der Waals surface area contributed by atoms with Gasteiger partial charge in [0.05, 0.1) is 0 Å². The predicted octanol–water partition coefficient (Wildman–Crippen LogP) is 2.52. The highest BCUT2D eigenvalue weighted by Gasteiger charge is 2.06. The van der Waals surface area contributed by atoms with E-state index in [0.29, 0.717) is 11.3 Å². The van der Waals surface area contributed by atoms with Crippen LogP contribution in [0.25, 0.3) is 0 Å². The molecule has 2 N–H and O–H groups in total. The minimum absolute atomic E-state index is 0.294. The molecule has 0 aliphatic rings. The van der Waals surface area contributed by atoms with Crippen molar-refractivity contribution in [3.63, 3.8) is 0 Å². The highest BCUT2D eigenvalue weighted by atomic mass is 79.9. The third-order valence-corrected chi connectivity index (χ3v) is 3.05. The van der Waals surface area contributed by atoms with Crippen LogP contribution in [-0.4, -0.2) is 10.9 Å². The van der Waals surface area contributed by atoms with E-state index in [-0.39, 0.29) is 11.5 Å². The van der Waals surface area contributed by atoms with E-state index in [4.69, 9.17) is 0 Å². The summed E-state index contributed by atoms with van der Waals surface area (Å²) < 4.78 is 0. The summed E-state index contributed by atoms with van der Waals surface area (Å²) in [5, 5.41) is 3.50. The number of H-pyrrole nitrogens is 1. The fraction of sp³-hybridized carbons (Fsp3) is 0.0769. The molecule has 1 amide bonds. The number of anilines is 1. The van der Waals surface area contributed by atoms with Crippen LogP contribution in [0.15, 0.2) is 47.4 Å². The van der Waals surface area contributed by atoms with Gasteiger partial charge < -0.3 is 10.3 Å². The molecular formula is C13H11BrN2O2. The number of hydrogen-bond donors (Lipinski definition) is 2. The first-order valence-corrected chi connectivity index (χ1v) is 6.46. The first kappa shape index (κ1) is 12.6. The Morgan fingerprint density at radius 3 is 2.56 bits per heavy atom. The molecule has 0 saturated carbocycles. The number of rotatable bonds is 3. The Labute approximate surface area is 112 Å². The summed E-state index contributed by atoms with van der Waals surface area (Å²) in [4.78, 5) is 25.4. The summed E-state index contributed by atoms with van der Waals surface area (Å²) in [6, 6.07) is 10.3. The molecule has 0 fully saturated rings. The zero-order valence-electron chi connectivity index (χ0n) is 9.44. The number of aromatic nitrogens is 1. The number of amides is 1. The van der Waals surface area contributed by atoms with Gasteiger partial charge in [0.1, 0.15) is 0 Å². The van der Waals surface area contributed by atoms with Gasteiger partial charge in [-0.2, -0.15) is 0 Å². The molecule has 2 rings (SSSR count). The average Bonchev–Trinajstić information content (AvgIpc) is 2.39. The van der Waals surface area contributed by atoms with Gasteiger partial charge in [-0.3, -0.25) is 9.59 Å². The minimum atomic E-state index is -0.298. The lowest BCUT2D eigenvalue weighted by molar-refractivity contribution is 0.102. The summed E-state index contributed by atoms with van der Waals surface area (Å²) in [6.45, 7) is 0. The van der Waals surface area contributed by atoms with Crippen LogP contribution in [0.2, 0.25) is 0 Å². The molecule has 1 aromatic carbocycles. The van der Waals surface area contributed by atoms with Crippen molar-refractivity contribution in [1.82, 2.24) is 4.98 Å². The Kier molecular flexibility index (Phi) is 3.94. The molecule has 0 saturated heterocycles. The molecule has 0 bridgehead atoms. The highest BCUT2D eigenvalue weighted by molar-refractivity contribution is 9.08. The fourth-order valence-corrected chi connectivity index (χ4v) is 1.84. The van der Waals surface area contributed by atoms with E-state index in [9.17, 15) is 9.59 Å². The monoisotopic (exact) mass is 306 g/mol. The molecule has 0 unspecified atom stereocenters. The Bertz CT molecular complexity index is 605. The van der Waals surface area contributed by atoms with Crippen LogP contribution < -0.4 is 10.9 Å². The summed E-state index contributed by atoms with van der Waals surface area (Å²) >= 11 is 3.35. The summed E-state index contributed by atoms with van der Waals surface area (Å²) in [5.74, 6) is -0.298. The van der Waals surface area contributed by atoms with E-state index >= 15 is 0 Å². The smallest absolute Gasteiger partial charge is 0.255 e. The lowest BCUT2D eigenvalue weighted by Crippen LogP contribution is -2.15. The first-order valence-electron chi connectivity index (χ1n) is 5.34. The van der Waals surface area contributed by atoms with Crippen LogP contribution in [0.5, 0.6) is 0 Å². The molecule has 1 heterocycles. The number of halogens is 1. The molecule has 2 aromatic rings. The van der Waals surface area contributed by atoms with Crippen molar-refractivity contribution in [2.24, 2.45) is 0 Å². The number of carbonyl (C=O) groups is 1. The zero-order chi connectivity index (χ0) is 13.0. The van der Waals surface area contributed by atoms with E-state index in [1.54, 1.807) is 6.07 Å². The van der Waals surface area contributed by atoms with Crippen molar-refractivity contribution in [3.8, 4) is 0 Å². The maximum atomic E-state index is 11.8. The molecule has 92 valence electrons. The van der Waals surface area contributed by atoms with Crippen LogP contribution in [0.4, 0.5) is 5.69 Å². The average molecular weight is 307 g/mol. The standard InChI is InChI=1S/C13H11BrN2O2/c14-8-9-1-3-11(4-2-9)16-13(18)10-5-6-15-12(17)7-10/h1-7H,8H2,(H,15,17)(H,16,18). The van der Waals surface area contributed by atoms with Crippen molar-refractivity contribution in [3.05, 3.63) is 64.1 Å². The van der Waals surface area contributed by atoms with Crippen molar-refractivity contribution in [2.75, 3.05) is 5.32 Å². The number of carbonyl (C=O) groups excluding carboxylic acids is 1. The van der Waals surface area contributed by atoms with E-state index < -0.39 is 0 Å². The lowest BCUT2D eigenvalue weighted by Gasteiger charge is -2.05. The zero-order valence-corrected chi connectivity index (χ0v) is 11.0. The summed E-state index contributed by atoms with van der Waals surface area (Å²) in [6.07, 6.45) is 1.45. The van der Waals surface area contributed by atoms with Crippen LogP contribution in [0.1, 0.15) is 15.9 Å². The third-order valence-electron chi connectivity index (χ3n) is 2.40. The van der Waals surface area contributed by atoms with Gasteiger partial charge in [-0.15, -0.1) is 0 Å². The molecule has 0 spiro atoms. The highest BCUT2D eigenvalue weighted by Crippen LogP contribution is 2.12. The van der Waals surface area contributed by atoms with E-state index in [1.165, 1.54) is 12.3 Å². The normalized spacial score (nSPS) is 10.1. The molecular weight excluding hydrogens is 296 g/mol. The van der Waals surface area contributed by atoms with E-state index in [2.05, 4.69) is 26.2 Å². The molecule has 4 nitrogen and oxygen atoms in total. The quantitative estimate of drug-likeness (QED) is 0.856. The molecule has 0 atom stereocenters. The number of nitrogens with one attached hydrogen (secondary N) is 2. The van der Waals surface area contributed by atoms with Gasteiger partial charge in [0.25, 0.3) is 5.91 Å². The minimum Gasteiger partial charge on any atom is -0.329 e. The van der Waals surface area contributed by atoms with Crippen LogP contribution in [0, 0.1) is 0 Å². The number of benzene rings is 1. The van der Waals surface area contributed by atoms with Crippen LogP contribution in [0.3, 0.4) is 0 Å². The van der Waals surface area contributed by atoms with Gasteiger partial charge in [0.15, 0.2) is 0 Å². The summed E-state index contributed by atoms with van der Waals surface area (Å²) in [5.41, 5.74) is 1.87.